The van der Waals surface area contributed by atoms with Crippen molar-refractivity contribution in [2.75, 3.05) is 57.8 Å². The van der Waals surface area contributed by atoms with Gasteiger partial charge in [0.15, 0.2) is 5.76 Å². The van der Waals surface area contributed by atoms with Gasteiger partial charge in [0, 0.05) is 25.0 Å². The van der Waals surface area contributed by atoms with Gasteiger partial charge in [-0.15, -0.1) is 0 Å². The van der Waals surface area contributed by atoms with Crippen molar-refractivity contribution in [1.29, 1.82) is 0 Å². The number of rotatable bonds is 14. The Morgan fingerprint density at radius 2 is 1.74 bits per heavy atom. The molecule has 206 valence electrons. The third-order valence-electron chi connectivity index (χ3n) is 6.07. The van der Waals surface area contributed by atoms with E-state index < -0.39 is 18.2 Å². The lowest BCUT2D eigenvalue weighted by Crippen LogP contribution is -2.38. The first kappa shape index (κ1) is 29.1. The second kappa shape index (κ2) is 15.1. The molecule has 38 heavy (non-hydrogen) atoms. The van der Waals surface area contributed by atoms with Gasteiger partial charge in [0.25, 0.3) is 5.91 Å². The lowest BCUT2D eigenvalue weighted by atomic mass is 9.81. The number of methoxy groups -OCH3 is 1. The monoisotopic (exact) mass is 528 g/mol. The van der Waals surface area contributed by atoms with Crippen molar-refractivity contribution in [3.05, 3.63) is 71.5 Å². The van der Waals surface area contributed by atoms with Crippen molar-refractivity contribution in [3.8, 4) is 0 Å². The fourth-order valence-corrected chi connectivity index (χ4v) is 4.18. The maximum Gasteiger partial charge on any atom is 0.337 e. The van der Waals surface area contributed by atoms with Crippen molar-refractivity contribution in [2.45, 2.75) is 25.6 Å². The minimum absolute atomic E-state index is 0.0367. The summed E-state index contributed by atoms with van der Waals surface area (Å²) in [6.07, 6.45) is 1.63. The summed E-state index contributed by atoms with van der Waals surface area (Å²) in [5.74, 6) is -1.21. The number of nitrogen functional groups attached to an aromatic ring is 1. The third-order valence-corrected chi connectivity index (χ3v) is 6.07. The lowest BCUT2D eigenvalue weighted by molar-refractivity contribution is -0.166. The number of aliphatic hydroxyl groups excluding tert-OH is 1. The van der Waals surface area contributed by atoms with Gasteiger partial charge in [-0.25, -0.2) is 4.79 Å². The summed E-state index contributed by atoms with van der Waals surface area (Å²) >= 11 is 0. The van der Waals surface area contributed by atoms with Gasteiger partial charge in [-0.1, -0.05) is 24.3 Å². The first-order valence-corrected chi connectivity index (χ1v) is 12.6. The smallest absolute Gasteiger partial charge is 0.337 e. The number of hydrogen-bond acceptors (Lipinski definition) is 9. The zero-order valence-electron chi connectivity index (χ0n) is 21.8. The summed E-state index contributed by atoms with van der Waals surface area (Å²) < 4.78 is 27.8. The van der Waals surface area contributed by atoms with Crippen LogP contribution in [0, 0.1) is 5.92 Å². The van der Waals surface area contributed by atoms with E-state index in [1.807, 2.05) is 19.1 Å². The molecule has 0 unspecified atom stereocenters. The van der Waals surface area contributed by atoms with Crippen LogP contribution in [0.4, 0.5) is 11.4 Å². The van der Waals surface area contributed by atoms with E-state index in [0.29, 0.717) is 49.8 Å². The van der Waals surface area contributed by atoms with E-state index in [1.54, 1.807) is 42.5 Å². The molecule has 2 aromatic carbocycles. The standard InChI is InChI=1S/C28H36N2O8/c1-3-37-28-21(12-14-35-16-17-36-15-13-31)22(19-8-10-20(11-9-19)27(33)34-2)18-25(38-28)26(32)30-24-7-5-4-6-23(24)29/h4-11,18,21-22,28,31H,3,12-17,29H2,1-2H3,(H,30,32)/t21-,22-,28-/m0/s1. The van der Waals surface area contributed by atoms with E-state index in [-0.39, 0.29) is 30.8 Å². The molecule has 1 heterocycles. The highest BCUT2D eigenvalue weighted by Crippen LogP contribution is 2.39. The fourth-order valence-electron chi connectivity index (χ4n) is 4.18. The average molecular weight is 529 g/mol. The number of carbonyl (C=O) groups excluding carboxylic acids is 2. The molecule has 10 heteroatoms. The Labute approximate surface area is 222 Å². The van der Waals surface area contributed by atoms with Gasteiger partial charge in [-0.3, -0.25) is 4.79 Å². The number of aliphatic hydroxyl groups is 1. The Morgan fingerprint density at radius 3 is 2.39 bits per heavy atom. The molecule has 0 aromatic heterocycles. The van der Waals surface area contributed by atoms with E-state index in [1.165, 1.54) is 7.11 Å². The van der Waals surface area contributed by atoms with Crippen molar-refractivity contribution in [2.24, 2.45) is 5.92 Å². The van der Waals surface area contributed by atoms with Crippen LogP contribution in [-0.2, 0) is 28.5 Å². The van der Waals surface area contributed by atoms with Crippen LogP contribution >= 0.6 is 0 Å². The quantitative estimate of drug-likeness (QED) is 0.192. The topological polar surface area (TPSA) is 139 Å². The second-order valence-electron chi connectivity index (χ2n) is 8.55. The molecular weight excluding hydrogens is 492 g/mol. The van der Waals surface area contributed by atoms with Gasteiger partial charge in [0.1, 0.15) is 0 Å². The summed E-state index contributed by atoms with van der Waals surface area (Å²) in [5.41, 5.74) is 8.22. The van der Waals surface area contributed by atoms with Crippen molar-refractivity contribution >= 4 is 23.3 Å². The highest BCUT2D eigenvalue weighted by atomic mass is 16.7. The molecule has 0 spiro atoms. The Balaban J connectivity index is 1.85. The van der Waals surface area contributed by atoms with Gasteiger partial charge in [0.05, 0.1) is 50.5 Å². The number of para-hydroxylation sites is 2. The van der Waals surface area contributed by atoms with Crippen LogP contribution in [0.3, 0.4) is 0 Å². The number of amides is 1. The van der Waals surface area contributed by atoms with Gasteiger partial charge in [-0.2, -0.15) is 0 Å². The van der Waals surface area contributed by atoms with E-state index in [2.05, 4.69) is 5.32 Å². The number of nitrogens with one attached hydrogen (secondary N) is 1. The Morgan fingerprint density at radius 1 is 1.03 bits per heavy atom. The maximum absolute atomic E-state index is 13.2. The Hall–Kier alpha value is -3.44. The van der Waals surface area contributed by atoms with Crippen LogP contribution in [0.15, 0.2) is 60.4 Å². The van der Waals surface area contributed by atoms with Crippen LogP contribution in [0.5, 0.6) is 0 Å². The van der Waals surface area contributed by atoms with Gasteiger partial charge in [-0.05, 0) is 49.2 Å². The minimum Gasteiger partial charge on any atom is -0.465 e. The molecule has 0 fully saturated rings. The number of allylic oxidation sites excluding steroid dienone is 1. The van der Waals surface area contributed by atoms with Gasteiger partial charge >= 0.3 is 5.97 Å². The highest BCUT2D eigenvalue weighted by Gasteiger charge is 2.38. The number of ether oxygens (including phenoxy) is 5. The molecule has 0 saturated carbocycles. The zero-order valence-corrected chi connectivity index (χ0v) is 21.8. The molecule has 1 aliphatic rings. The summed E-state index contributed by atoms with van der Waals surface area (Å²) in [4.78, 5) is 25.1. The number of benzene rings is 2. The molecule has 10 nitrogen and oxygen atoms in total. The van der Waals surface area contributed by atoms with Crippen molar-refractivity contribution < 1.29 is 38.4 Å². The normalized spacial score (nSPS) is 18.8. The predicted molar refractivity (Wildman–Crippen MR) is 141 cm³/mol. The first-order valence-electron chi connectivity index (χ1n) is 12.6. The molecule has 4 N–H and O–H groups in total. The average Bonchev–Trinajstić information content (AvgIpc) is 2.94. The third kappa shape index (κ3) is 8.03. The number of hydrogen-bond donors (Lipinski definition) is 3. The van der Waals surface area contributed by atoms with Crippen LogP contribution in [0.1, 0.15) is 35.2 Å². The number of anilines is 2. The van der Waals surface area contributed by atoms with Crippen LogP contribution in [0.2, 0.25) is 0 Å². The molecule has 1 amide bonds. The molecule has 0 radical (unpaired) electrons. The first-order chi connectivity index (χ1) is 18.5. The molecule has 3 atom stereocenters. The van der Waals surface area contributed by atoms with Crippen LogP contribution in [0.25, 0.3) is 0 Å². The van der Waals surface area contributed by atoms with Crippen LogP contribution in [-0.4, -0.2) is 70.0 Å². The predicted octanol–water partition coefficient (Wildman–Crippen LogP) is 3.09. The Bertz CT molecular complexity index is 1070. The zero-order chi connectivity index (χ0) is 27.3. The largest absolute Gasteiger partial charge is 0.465 e. The summed E-state index contributed by atoms with van der Waals surface area (Å²) in [5, 5.41) is 11.6. The van der Waals surface area contributed by atoms with E-state index in [0.717, 1.165) is 5.56 Å². The molecule has 2 aromatic rings. The maximum atomic E-state index is 13.2. The molecule has 0 saturated heterocycles. The van der Waals surface area contributed by atoms with E-state index in [4.69, 9.17) is 34.5 Å². The molecule has 1 aliphatic heterocycles. The summed E-state index contributed by atoms with van der Waals surface area (Å²) in [6, 6.07) is 14.0. The number of nitrogens with two attached hydrogens (primary N) is 1. The van der Waals surface area contributed by atoms with E-state index >= 15 is 0 Å². The minimum atomic E-state index is -0.710. The fraction of sp³-hybridized carbons (Fsp3) is 0.429. The SMILES string of the molecule is CCO[C@H]1OC(C(=O)Nc2ccccc2N)=C[C@@H](c2ccc(C(=O)OC)cc2)[C@@H]1CCOCCOCCO. The second-order valence-corrected chi connectivity index (χ2v) is 8.55. The molecule has 0 bridgehead atoms. The summed E-state index contributed by atoms with van der Waals surface area (Å²) in [7, 11) is 1.33. The number of carbonyl (C=O) groups is 2. The number of esters is 1. The van der Waals surface area contributed by atoms with Crippen molar-refractivity contribution in [1.82, 2.24) is 0 Å². The van der Waals surface area contributed by atoms with Crippen LogP contribution < -0.4 is 11.1 Å². The van der Waals surface area contributed by atoms with E-state index in [9.17, 15) is 9.59 Å². The van der Waals surface area contributed by atoms with Gasteiger partial charge in [0.2, 0.25) is 6.29 Å². The molecular formula is C28H36N2O8. The molecule has 3 rings (SSSR count). The van der Waals surface area contributed by atoms with Crippen molar-refractivity contribution in [3.63, 3.8) is 0 Å². The lowest BCUT2D eigenvalue weighted by Gasteiger charge is -2.37. The molecule has 0 aliphatic carbocycles. The highest BCUT2D eigenvalue weighted by molar-refractivity contribution is 6.04. The Kier molecular flexibility index (Phi) is 11.6. The van der Waals surface area contributed by atoms with Gasteiger partial charge < -0.3 is 39.8 Å². The summed E-state index contributed by atoms with van der Waals surface area (Å²) in [6.45, 7) is 3.64.